The van der Waals surface area contributed by atoms with E-state index in [0.717, 1.165) is 53.9 Å². The van der Waals surface area contributed by atoms with Gasteiger partial charge in [-0.25, -0.2) is 0 Å². The van der Waals surface area contributed by atoms with Gasteiger partial charge in [0.1, 0.15) is 0 Å². The van der Waals surface area contributed by atoms with E-state index in [1.165, 1.54) is 11.1 Å². The molecule has 0 spiro atoms. The Hall–Kier alpha value is -3.83. The number of aryl methyl sites for hydroxylation is 1. The first kappa shape index (κ1) is 24.3. The normalized spacial score (nSPS) is 11.0. The number of methoxy groups -OCH3 is 2. The Bertz CT molecular complexity index is 1280. The second-order valence-corrected chi connectivity index (χ2v) is 8.71. The standard InChI is InChI=1S/C30H32N2O3/c1-32(21-23-15-18-28(34-2)29(20-23)35-3)19-7-8-22-13-16-25(17-14-22)31-30(33)27-12-6-10-24-9-4-5-11-26(24)27/h4-6,9-18,20H,7-8,19,21H2,1-3H3,(H,31,33). The Morgan fingerprint density at radius 2 is 1.54 bits per heavy atom. The number of nitrogens with zero attached hydrogens (tertiary/aromatic N) is 1. The number of hydrogen-bond acceptors (Lipinski definition) is 4. The maximum Gasteiger partial charge on any atom is 0.256 e. The molecule has 180 valence electrons. The van der Waals surface area contributed by atoms with Crippen molar-refractivity contribution in [3.8, 4) is 11.5 Å². The van der Waals surface area contributed by atoms with Gasteiger partial charge in [-0.3, -0.25) is 4.79 Å². The van der Waals surface area contributed by atoms with Gasteiger partial charge in [0.15, 0.2) is 11.5 Å². The number of nitrogens with one attached hydrogen (secondary N) is 1. The zero-order valence-corrected chi connectivity index (χ0v) is 20.6. The summed E-state index contributed by atoms with van der Waals surface area (Å²) in [5, 5.41) is 5.05. The average molecular weight is 469 g/mol. The topological polar surface area (TPSA) is 50.8 Å². The van der Waals surface area contributed by atoms with Crippen molar-refractivity contribution in [1.82, 2.24) is 4.90 Å². The van der Waals surface area contributed by atoms with E-state index in [4.69, 9.17) is 9.47 Å². The molecule has 0 radical (unpaired) electrons. The molecule has 0 atom stereocenters. The zero-order valence-electron chi connectivity index (χ0n) is 20.6. The first-order valence-electron chi connectivity index (χ1n) is 11.8. The van der Waals surface area contributed by atoms with Crippen LogP contribution < -0.4 is 14.8 Å². The van der Waals surface area contributed by atoms with Crippen molar-refractivity contribution in [3.05, 3.63) is 102 Å². The quantitative estimate of drug-likeness (QED) is 0.302. The zero-order chi connectivity index (χ0) is 24.6. The van der Waals surface area contributed by atoms with Crippen molar-refractivity contribution < 1.29 is 14.3 Å². The van der Waals surface area contributed by atoms with E-state index < -0.39 is 0 Å². The second-order valence-electron chi connectivity index (χ2n) is 8.71. The molecule has 4 rings (SSSR count). The van der Waals surface area contributed by atoms with E-state index >= 15 is 0 Å². The smallest absolute Gasteiger partial charge is 0.256 e. The summed E-state index contributed by atoms with van der Waals surface area (Å²) in [7, 11) is 5.43. The summed E-state index contributed by atoms with van der Waals surface area (Å²) in [5.74, 6) is 1.41. The van der Waals surface area contributed by atoms with Crippen LogP contribution in [0.4, 0.5) is 5.69 Å². The molecule has 1 N–H and O–H groups in total. The molecular formula is C30H32N2O3. The SMILES string of the molecule is COc1ccc(CN(C)CCCc2ccc(NC(=O)c3cccc4ccccc34)cc2)cc1OC. The van der Waals surface area contributed by atoms with Crippen LogP contribution in [0.1, 0.15) is 27.9 Å². The monoisotopic (exact) mass is 468 g/mol. The van der Waals surface area contributed by atoms with E-state index in [2.05, 4.69) is 35.5 Å². The van der Waals surface area contributed by atoms with E-state index in [1.807, 2.05) is 66.7 Å². The number of fused-ring (bicyclic) bond motifs is 1. The molecule has 0 fully saturated rings. The molecule has 0 aliphatic carbocycles. The van der Waals surface area contributed by atoms with Gasteiger partial charge in [0, 0.05) is 17.8 Å². The molecule has 0 unspecified atom stereocenters. The van der Waals surface area contributed by atoms with Gasteiger partial charge in [0.2, 0.25) is 0 Å². The van der Waals surface area contributed by atoms with E-state index in [9.17, 15) is 4.79 Å². The summed E-state index contributed by atoms with van der Waals surface area (Å²) < 4.78 is 10.7. The van der Waals surface area contributed by atoms with Crippen molar-refractivity contribution >= 4 is 22.4 Å². The molecule has 0 bridgehead atoms. The molecule has 5 nitrogen and oxygen atoms in total. The molecule has 1 amide bonds. The third-order valence-electron chi connectivity index (χ3n) is 6.15. The van der Waals surface area contributed by atoms with Gasteiger partial charge in [-0.2, -0.15) is 0 Å². The van der Waals surface area contributed by atoms with Gasteiger partial charge in [0.05, 0.1) is 14.2 Å². The highest BCUT2D eigenvalue weighted by Crippen LogP contribution is 2.28. The van der Waals surface area contributed by atoms with Crippen LogP contribution in [0.3, 0.4) is 0 Å². The van der Waals surface area contributed by atoms with Crippen LogP contribution in [0.15, 0.2) is 84.9 Å². The molecule has 5 heteroatoms. The van der Waals surface area contributed by atoms with Crippen LogP contribution in [-0.4, -0.2) is 38.6 Å². The summed E-state index contributed by atoms with van der Waals surface area (Å²) in [6.07, 6.45) is 2.03. The summed E-state index contributed by atoms with van der Waals surface area (Å²) in [6.45, 7) is 1.83. The lowest BCUT2D eigenvalue weighted by molar-refractivity contribution is 0.102. The fourth-order valence-corrected chi connectivity index (χ4v) is 4.30. The van der Waals surface area contributed by atoms with Gasteiger partial charge in [0.25, 0.3) is 5.91 Å². The molecule has 4 aromatic rings. The Labute approximate surface area is 207 Å². The van der Waals surface area contributed by atoms with Gasteiger partial charge in [-0.05, 0) is 78.7 Å². The molecule has 0 aliphatic heterocycles. The van der Waals surface area contributed by atoms with Crippen molar-refractivity contribution in [2.24, 2.45) is 0 Å². The lowest BCUT2D eigenvalue weighted by Gasteiger charge is -2.18. The number of carbonyl (C=O) groups is 1. The van der Waals surface area contributed by atoms with E-state index in [-0.39, 0.29) is 5.91 Å². The lowest BCUT2D eigenvalue weighted by atomic mass is 10.0. The van der Waals surface area contributed by atoms with Crippen molar-refractivity contribution in [1.29, 1.82) is 0 Å². The Morgan fingerprint density at radius 3 is 2.31 bits per heavy atom. The molecule has 0 saturated carbocycles. The molecule has 0 saturated heterocycles. The third-order valence-corrected chi connectivity index (χ3v) is 6.15. The highest BCUT2D eigenvalue weighted by Gasteiger charge is 2.10. The number of ether oxygens (including phenoxy) is 2. The number of carbonyl (C=O) groups excluding carboxylic acids is 1. The van der Waals surface area contributed by atoms with Crippen LogP contribution in [0.5, 0.6) is 11.5 Å². The van der Waals surface area contributed by atoms with E-state index in [1.54, 1.807) is 14.2 Å². The highest BCUT2D eigenvalue weighted by atomic mass is 16.5. The van der Waals surface area contributed by atoms with Gasteiger partial charge in [-0.1, -0.05) is 54.6 Å². The summed E-state index contributed by atoms with van der Waals surface area (Å²) in [4.78, 5) is 15.2. The summed E-state index contributed by atoms with van der Waals surface area (Å²) in [5.41, 5.74) is 3.94. The highest BCUT2D eigenvalue weighted by molar-refractivity contribution is 6.12. The minimum Gasteiger partial charge on any atom is -0.493 e. The predicted molar refractivity (Wildman–Crippen MR) is 143 cm³/mol. The molecule has 0 heterocycles. The fourth-order valence-electron chi connectivity index (χ4n) is 4.30. The number of hydrogen-bond donors (Lipinski definition) is 1. The Kier molecular flexibility index (Phi) is 8.01. The van der Waals surface area contributed by atoms with Crippen LogP contribution in [0.25, 0.3) is 10.8 Å². The maximum absolute atomic E-state index is 12.9. The lowest BCUT2D eigenvalue weighted by Crippen LogP contribution is -2.19. The van der Waals surface area contributed by atoms with Crippen LogP contribution >= 0.6 is 0 Å². The van der Waals surface area contributed by atoms with Crippen LogP contribution in [0, 0.1) is 0 Å². The summed E-state index contributed by atoms with van der Waals surface area (Å²) in [6, 6.07) is 27.9. The minimum atomic E-state index is -0.0914. The molecule has 0 aliphatic rings. The Balaban J connectivity index is 1.27. The predicted octanol–water partition coefficient (Wildman–Crippen LogP) is 6.17. The average Bonchev–Trinajstić information content (AvgIpc) is 2.89. The third kappa shape index (κ3) is 6.19. The van der Waals surface area contributed by atoms with Crippen molar-refractivity contribution in [2.45, 2.75) is 19.4 Å². The first-order valence-corrected chi connectivity index (χ1v) is 11.8. The number of benzene rings is 4. The molecule has 4 aromatic carbocycles. The summed E-state index contributed by atoms with van der Waals surface area (Å²) >= 11 is 0. The molecule has 0 aromatic heterocycles. The number of rotatable bonds is 10. The second kappa shape index (κ2) is 11.5. The largest absolute Gasteiger partial charge is 0.493 e. The maximum atomic E-state index is 12.9. The molecule has 35 heavy (non-hydrogen) atoms. The van der Waals surface area contributed by atoms with Crippen LogP contribution in [-0.2, 0) is 13.0 Å². The molecular weight excluding hydrogens is 436 g/mol. The minimum absolute atomic E-state index is 0.0914. The number of anilines is 1. The van der Waals surface area contributed by atoms with Gasteiger partial charge < -0.3 is 19.7 Å². The van der Waals surface area contributed by atoms with Crippen molar-refractivity contribution in [2.75, 3.05) is 33.1 Å². The van der Waals surface area contributed by atoms with Crippen LogP contribution in [0.2, 0.25) is 0 Å². The fraction of sp³-hybridized carbons (Fsp3) is 0.233. The van der Waals surface area contributed by atoms with E-state index in [0.29, 0.717) is 5.56 Å². The number of amides is 1. The Morgan fingerprint density at radius 1 is 0.829 bits per heavy atom. The van der Waals surface area contributed by atoms with Gasteiger partial charge >= 0.3 is 0 Å². The van der Waals surface area contributed by atoms with Crippen molar-refractivity contribution in [3.63, 3.8) is 0 Å². The van der Waals surface area contributed by atoms with Gasteiger partial charge in [-0.15, -0.1) is 0 Å². The first-order chi connectivity index (χ1) is 17.1.